The number of hydrogen-bond donors (Lipinski definition) is 1. The van der Waals surface area contributed by atoms with Gasteiger partial charge < -0.3 is 23.9 Å². The van der Waals surface area contributed by atoms with E-state index in [4.69, 9.17) is 9.15 Å². The van der Waals surface area contributed by atoms with Crippen molar-refractivity contribution < 1.29 is 18.7 Å². The van der Waals surface area contributed by atoms with Crippen LogP contribution in [0, 0.1) is 6.92 Å². The molecule has 4 aromatic rings. The van der Waals surface area contributed by atoms with E-state index in [0.717, 1.165) is 29.1 Å². The number of thiazole rings is 1. The van der Waals surface area contributed by atoms with Crippen molar-refractivity contribution in [1.29, 1.82) is 0 Å². The molecule has 1 N–H and O–H groups in total. The molecular weight excluding hydrogens is 568 g/mol. The van der Waals surface area contributed by atoms with E-state index in [1.807, 2.05) is 42.6 Å². The maximum Gasteiger partial charge on any atom is 0.408 e. The van der Waals surface area contributed by atoms with Crippen molar-refractivity contribution in [1.82, 2.24) is 30.0 Å². The minimum absolute atomic E-state index is 0.0561. The highest BCUT2D eigenvalue weighted by Gasteiger charge is 2.37. The number of benzene rings is 1. The Balaban J connectivity index is 1.47. The first-order chi connectivity index (χ1) is 20.3. The number of hydrogen-bond acceptors (Lipinski definition) is 9. The lowest BCUT2D eigenvalue weighted by Crippen LogP contribution is -2.47. The van der Waals surface area contributed by atoms with Crippen molar-refractivity contribution >= 4 is 23.3 Å². The molecule has 0 radical (unpaired) electrons. The van der Waals surface area contributed by atoms with E-state index < -0.39 is 17.2 Å². The zero-order valence-corrected chi connectivity index (χ0v) is 26.0. The van der Waals surface area contributed by atoms with Crippen molar-refractivity contribution in [3.8, 4) is 11.5 Å². The Kier molecular flexibility index (Phi) is 8.24. The van der Waals surface area contributed by atoms with Gasteiger partial charge in [0.25, 0.3) is 11.5 Å². The summed E-state index contributed by atoms with van der Waals surface area (Å²) in [5.74, 6) is -0.0814. The number of carbonyl (C=O) groups excluding carboxylic acids is 2. The number of aromatic nitrogens is 4. The molecule has 11 nitrogen and oxygen atoms in total. The van der Waals surface area contributed by atoms with E-state index in [1.54, 1.807) is 45.7 Å². The summed E-state index contributed by atoms with van der Waals surface area (Å²) in [5.41, 5.74) is 0.130. The predicted molar refractivity (Wildman–Crippen MR) is 162 cm³/mol. The van der Waals surface area contributed by atoms with E-state index in [-0.39, 0.29) is 35.0 Å². The third kappa shape index (κ3) is 6.69. The molecule has 1 saturated heterocycles. The van der Waals surface area contributed by atoms with Gasteiger partial charge in [-0.2, -0.15) is 0 Å². The van der Waals surface area contributed by atoms with Crippen LogP contribution in [0.2, 0.25) is 0 Å². The molecule has 3 aromatic heterocycles. The summed E-state index contributed by atoms with van der Waals surface area (Å²) in [7, 11) is 1.57. The highest BCUT2D eigenvalue weighted by molar-refractivity contribution is 7.09. The van der Waals surface area contributed by atoms with Crippen molar-refractivity contribution in [3.63, 3.8) is 0 Å². The van der Waals surface area contributed by atoms with Gasteiger partial charge >= 0.3 is 6.09 Å². The van der Waals surface area contributed by atoms with Crippen LogP contribution in [0.1, 0.15) is 79.2 Å². The lowest BCUT2D eigenvalue weighted by Gasteiger charge is -2.29. The van der Waals surface area contributed by atoms with Gasteiger partial charge in [-0.15, -0.1) is 21.5 Å². The minimum Gasteiger partial charge on any atom is -0.444 e. The highest BCUT2D eigenvalue weighted by Crippen LogP contribution is 2.35. The van der Waals surface area contributed by atoms with Gasteiger partial charge in [0.05, 0.1) is 6.04 Å². The second-order valence-electron chi connectivity index (χ2n) is 12.0. The summed E-state index contributed by atoms with van der Waals surface area (Å²) in [6.07, 6.45) is 1.36. The van der Waals surface area contributed by atoms with Crippen LogP contribution in [0.15, 0.2) is 57.1 Å². The molecule has 0 aliphatic carbocycles. The average molecular weight is 605 g/mol. The van der Waals surface area contributed by atoms with Crippen molar-refractivity contribution in [2.24, 2.45) is 7.05 Å². The number of amides is 2. The molecule has 1 fully saturated rings. The Morgan fingerprint density at radius 2 is 1.88 bits per heavy atom. The van der Waals surface area contributed by atoms with Crippen LogP contribution in [0.5, 0.6) is 0 Å². The maximum absolute atomic E-state index is 13.8. The number of ether oxygens (including phenoxy) is 1. The standard InChI is InChI=1S/C31H36N6O5S/c1-19-18-43-26(32-19)22-13-10-14-37(22)27(39)23-15-21(16-24(38)36(23)6)25-34-35-28(41-25)31(5,17-20-11-8-7-9-12-20)33-29(40)42-30(2,3)4/h7-9,11-12,15-16,18,22H,10,13-14,17H2,1-6H3,(H,33,40)/t22-,31-/m1/s1. The fourth-order valence-electron chi connectivity index (χ4n) is 5.17. The largest absolute Gasteiger partial charge is 0.444 e. The molecule has 4 heterocycles. The summed E-state index contributed by atoms with van der Waals surface area (Å²) in [4.78, 5) is 46.1. The molecule has 0 spiro atoms. The SMILES string of the molecule is Cc1csc([C@H]2CCCN2C(=O)c2cc(-c3nnc([C@@](C)(Cc4ccccc4)NC(=O)OC(C)(C)C)o3)cc(=O)n2C)n1. The Morgan fingerprint density at radius 3 is 2.56 bits per heavy atom. The predicted octanol–water partition coefficient (Wildman–Crippen LogP) is 5.16. The molecule has 1 aliphatic heterocycles. The maximum atomic E-state index is 13.8. The first-order valence-corrected chi connectivity index (χ1v) is 15.0. The second-order valence-corrected chi connectivity index (χ2v) is 12.9. The van der Waals surface area contributed by atoms with Gasteiger partial charge in [-0.05, 0) is 59.1 Å². The first-order valence-electron chi connectivity index (χ1n) is 14.2. The number of nitrogens with one attached hydrogen (secondary N) is 1. The molecule has 0 bridgehead atoms. The van der Waals surface area contributed by atoms with Crippen LogP contribution in [0.25, 0.3) is 11.5 Å². The number of carbonyl (C=O) groups is 2. The molecular formula is C31H36N6O5S. The van der Waals surface area contributed by atoms with E-state index in [9.17, 15) is 14.4 Å². The molecule has 0 unspecified atom stereocenters. The topological polar surface area (TPSA) is 132 Å². The summed E-state index contributed by atoms with van der Waals surface area (Å²) >= 11 is 1.54. The fraction of sp³-hybridized carbons (Fsp3) is 0.419. The molecule has 5 rings (SSSR count). The third-order valence-electron chi connectivity index (χ3n) is 7.24. The second kappa shape index (κ2) is 11.8. The van der Waals surface area contributed by atoms with Gasteiger partial charge in [-0.3, -0.25) is 9.59 Å². The molecule has 1 aromatic carbocycles. The Bertz CT molecular complexity index is 1690. The highest BCUT2D eigenvalue weighted by atomic mass is 32.1. The van der Waals surface area contributed by atoms with Gasteiger partial charge in [0.1, 0.15) is 21.8 Å². The Labute approximate surface area is 253 Å². The average Bonchev–Trinajstić information content (AvgIpc) is 3.70. The molecule has 0 saturated carbocycles. The van der Waals surface area contributed by atoms with Gasteiger partial charge in [0.15, 0.2) is 0 Å². The van der Waals surface area contributed by atoms with Crippen LogP contribution < -0.4 is 10.9 Å². The third-order valence-corrected chi connectivity index (χ3v) is 8.30. The van der Waals surface area contributed by atoms with Crippen LogP contribution in [-0.2, 0) is 23.7 Å². The van der Waals surface area contributed by atoms with Gasteiger partial charge in [-0.1, -0.05) is 30.3 Å². The number of pyridine rings is 1. The van der Waals surface area contributed by atoms with Crippen LogP contribution in [0.3, 0.4) is 0 Å². The summed E-state index contributed by atoms with van der Waals surface area (Å²) in [5, 5.41) is 14.3. The molecule has 12 heteroatoms. The van der Waals surface area contributed by atoms with E-state index in [0.29, 0.717) is 18.5 Å². The number of nitrogens with zero attached hydrogens (tertiary/aromatic N) is 5. The number of aryl methyl sites for hydroxylation is 1. The molecule has 2 atom stereocenters. The normalized spacial score (nSPS) is 16.6. The molecule has 2 amide bonds. The van der Waals surface area contributed by atoms with Crippen molar-refractivity contribution in [3.05, 3.63) is 86.0 Å². The zero-order chi connectivity index (χ0) is 30.9. The van der Waals surface area contributed by atoms with E-state index >= 15 is 0 Å². The monoisotopic (exact) mass is 604 g/mol. The summed E-state index contributed by atoms with van der Waals surface area (Å²) < 4.78 is 13.0. The zero-order valence-electron chi connectivity index (χ0n) is 25.2. The van der Waals surface area contributed by atoms with Crippen LogP contribution >= 0.6 is 11.3 Å². The minimum atomic E-state index is -1.14. The number of rotatable bonds is 7. The Hall–Kier alpha value is -4.32. The number of likely N-dealkylation sites (tertiary alicyclic amines) is 1. The van der Waals surface area contributed by atoms with E-state index in [1.165, 1.54) is 22.0 Å². The van der Waals surface area contributed by atoms with Crippen molar-refractivity contribution in [2.45, 2.75) is 71.1 Å². The molecule has 1 aliphatic rings. The molecule has 226 valence electrons. The Morgan fingerprint density at radius 1 is 1.14 bits per heavy atom. The fourth-order valence-corrected chi connectivity index (χ4v) is 6.11. The smallest absolute Gasteiger partial charge is 0.408 e. The first kappa shape index (κ1) is 30.1. The van der Waals surface area contributed by atoms with Gasteiger partial charge in [0, 0.05) is 42.7 Å². The summed E-state index contributed by atoms with van der Waals surface area (Å²) in [6.45, 7) is 9.61. The van der Waals surface area contributed by atoms with Gasteiger partial charge in [0.2, 0.25) is 11.8 Å². The lowest BCUT2D eigenvalue weighted by atomic mass is 9.92. The number of alkyl carbamates (subject to hydrolysis) is 1. The molecule has 43 heavy (non-hydrogen) atoms. The van der Waals surface area contributed by atoms with E-state index in [2.05, 4.69) is 20.5 Å². The van der Waals surface area contributed by atoms with Crippen LogP contribution in [0.4, 0.5) is 4.79 Å². The quantitative estimate of drug-likeness (QED) is 0.306. The van der Waals surface area contributed by atoms with Gasteiger partial charge in [-0.25, -0.2) is 9.78 Å². The van der Waals surface area contributed by atoms with Crippen LogP contribution in [-0.4, -0.2) is 48.8 Å². The van der Waals surface area contributed by atoms with Crippen molar-refractivity contribution in [2.75, 3.05) is 6.54 Å². The lowest BCUT2D eigenvalue weighted by molar-refractivity contribution is 0.0443. The summed E-state index contributed by atoms with van der Waals surface area (Å²) in [6, 6.07) is 12.4.